The van der Waals surface area contributed by atoms with Gasteiger partial charge in [-0.3, -0.25) is 9.69 Å². The molecule has 2 heterocycles. The molecule has 1 unspecified atom stereocenters. The average molecular weight is 378 g/mol. The van der Waals surface area contributed by atoms with Crippen molar-refractivity contribution >= 4 is 5.91 Å². The summed E-state index contributed by atoms with van der Waals surface area (Å²) in [7, 11) is 0. The highest BCUT2D eigenvalue weighted by molar-refractivity contribution is 5.95. The summed E-state index contributed by atoms with van der Waals surface area (Å²) in [6, 6.07) is 16.6. The fraction of sp³-hybridized carbons (Fsp3) is 0.273. The number of nitrogens with one attached hydrogen (secondary N) is 1. The number of nitrogens with zero attached hydrogens (tertiary/aromatic N) is 3. The molecule has 1 atom stereocenters. The molecule has 0 saturated carbocycles. The maximum atomic E-state index is 13.1. The molecule has 6 heteroatoms. The molecule has 1 aliphatic heterocycles. The van der Waals surface area contributed by atoms with E-state index in [4.69, 9.17) is 0 Å². The van der Waals surface area contributed by atoms with Gasteiger partial charge in [0.15, 0.2) is 0 Å². The molecule has 144 valence electrons. The number of hydrogen-bond donors (Lipinski definition) is 1. The Kier molecular flexibility index (Phi) is 5.21. The van der Waals surface area contributed by atoms with Gasteiger partial charge >= 0.3 is 0 Å². The highest BCUT2D eigenvalue weighted by Gasteiger charge is 2.25. The van der Waals surface area contributed by atoms with Crippen LogP contribution in [-0.2, 0) is 6.54 Å². The lowest BCUT2D eigenvalue weighted by molar-refractivity contribution is 0.0937. The van der Waals surface area contributed by atoms with Crippen molar-refractivity contribution in [2.75, 3.05) is 13.1 Å². The molecule has 1 N–H and O–H groups in total. The molecular formula is C22H23FN4O. The van der Waals surface area contributed by atoms with E-state index in [0.29, 0.717) is 5.56 Å². The van der Waals surface area contributed by atoms with Gasteiger partial charge in [0.25, 0.3) is 5.91 Å². The number of carbonyl (C=O) groups is 1. The monoisotopic (exact) mass is 378 g/mol. The zero-order chi connectivity index (χ0) is 19.5. The van der Waals surface area contributed by atoms with Crippen LogP contribution in [0.25, 0.3) is 5.69 Å². The number of halogens is 1. The lowest BCUT2D eigenvalue weighted by Crippen LogP contribution is -2.37. The van der Waals surface area contributed by atoms with Gasteiger partial charge in [-0.15, -0.1) is 0 Å². The van der Waals surface area contributed by atoms with E-state index in [9.17, 15) is 9.18 Å². The van der Waals surface area contributed by atoms with Crippen molar-refractivity contribution in [1.29, 1.82) is 0 Å². The van der Waals surface area contributed by atoms with Crippen LogP contribution in [0, 0.1) is 12.7 Å². The smallest absolute Gasteiger partial charge is 0.255 e. The summed E-state index contributed by atoms with van der Waals surface area (Å²) < 4.78 is 14.8. The van der Waals surface area contributed by atoms with Crippen LogP contribution in [0.3, 0.4) is 0 Å². The molecule has 2 aromatic carbocycles. The van der Waals surface area contributed by atoms with Gasteiger partial charge < -0.3 is 5.32 Å². The van der Waals surface area contributed by atoms with E-state index in [2.05, 4.69) is 27.4 Å². The predicted molar refractivity (Wildman–Crippen MR) is 106 cm³/mol. The zero-order valence-corrected chi connectivity index (χ0v) is 15.8. The number of aromatic nitrogens is 2. The number of carbonyl (C=O) groups excluding carboxylic acids is 1. The Bertz CT molecular complexity index is 952. The third-order valence-corrected chi connectivity index (χ3v) is 5.18. The summed E-state index contributed by atoms with van der Waals surface area (Å²) >= 11 is 0. The van der Waals surface area contributed by atoms with E-state index in [-0.39, 0.29) is 17.8 Å². The first kappa shape index (κ1) is 18.4. The van der Waals surface area contributed by atoms with Gasteiger partial charge in [-0.05, 0) is 43.2 Å². The lowest BCUT2D eigenvalue weighted by atomic mass is 10.2. The number of rotatable bonds is 5. The molecule has 0 spiro atoms. The molecule has 3 aromatic rings. The fourth-order valence-electron chi connectivity index (χ4n) is 3.67. The van der Waals surface area contributed by atoms with Crippen LogP contribution in [0.5, 0.6) is 0 Å². The maximum Gasteiger partial charge on any atom is 0.255 e. The molecule has 5 nitrogen and oxygen atoms in total. The SMILES string of the molecule is Cc1c(C(=O)NC2CCN(Cc3ccccc3)C2)cnn1-c1ccc(F)cc1. The van der Waals surface area contributed by atoms with E-state index in [1.807, 2.05) is 25.1 Å². The molecule has 0 radical (unpaired) electrons. The standard InChI is InChI=1S/C22H23FN4O/c1-16-21(13-24-27(16)20-9-7-18(23)8-10-20)22(28)25-19-11-12-26(15-19)14-17-5-3-2-4-6-17/h2-10,13,19H,11-12,14-15H2,1H3,(H,25,28). The molecule has 0 aliphatic carbocycles. The number of likely N-dealkylation sites (tertiary alicyclic amines) is 1. The highest BCUT2D eigenvalue weighted by atomic mass is 19.1. The maximum absolute atomic E-state index is 13.1. The summed E-state index contributed by atoms with van der Waals surface area (Å²) in [5, 5.41) is 7.44. The minimum absolute atomic E-state index is 0.113. The van der Waals surface area contributed by atoms with Gasteiger partial charge in [0.2, 0.25) is 0 Å². The molecule has 1 aromatic heterocycles. The Morgan fingerprint density at radius 1 is 1.18 bits per heavy atom. The normalized spacial score (nSPS) is 17.0. The number of benzene rings is 2. The topological polar surface area (TPSA) is 50.2 Å². The van der Waals surface area contributed by atoms with E-state index in [0.717, 1.165) is 37.4 Å². The van der Waals surface area contributed by atoms with Gasteiger partial charge in [0.05, 0.1) is 23.1 Å². The van der Waals surface area contributed by atoms with Crippen LogP contribution in [0.2, 0.25) is 0 Å². The van der Waals surface area contributed by atoms with Gasteiger partial charge in [-0.25, -0.2) is 9.07 Å². The first-order valence-corrected chi connectivity index (χ1v) is 9.48. The summed E-state index contributed by atoms with van der Waals surface area (Å²) in [4.78, 5) is 15.1. The highest BCUT2D eigenvalue weighted by Crippen LogP contribution is 2.17. The third-order valence-electron chi connectivity index (χ3n) is 5.18. The van der Waals surface area contributed by atoms with E-state index >= 15 is 0 Å². The summed E-state index contributed by atoms with van der Waals surface area (Å²) in [5.41, 5.74) is 3.30. The first-order chi connectivity index (χ1) is 13.6. The van der Waals surface area contributed by atoms with E-state index in [1.165, 1.54) is 17.7 Å². The Hall–Kier alpha value is -2.99. The van der Waals surface area contributed by atoms with Crippen LogP contribution in [0.1, 0.15) is 28.0 Å². The minimum Gasteiger partial charge on any atom is -0.348 e. The average Bonchev–Trinajstić information content (AvgIpc) is 3.29. The van der Waals surface area contributed by atoms with Crippen LogP contribution >= 0.6 is 0 Å². The second-order valence-electron chi connectivity index (χ2n) is 7.21. The molecule has 1 saturated heterocycles. The van der Waals surface area contributed by atoms with Crippen LogP contribution in [-0.4, -0.2) is 39.7 Å². The van der Waals surface area contributed by atoms with Gasteiger partial charge in [-0.2, -0.15) is 5.10 Å². The molecule has 4 rings (SSSR count). The van der Waals surface area contributed by atoms with E-state index in [1.54, 1.807) is 23.0 Å². The molecule has 1 aliphatic rings. The molecule has 0 bridgehead atoms. The Morgan fingerprint density at radius 2 is 1.93 bits per heavy atom. The molecule has 1 fully saturated rings. The predicted octanol–water partition coefficient (Wildman–Crippen LogP) is 3.32. The summed E-state index contributed by atoms with van der Waals surface area (Å²) in [6.45, 7) is 4.55. The second kappa shape index (κ2) is 7.94. The van der Waals surface area contributed by atoms with Gasteiger partial charge in [0.1, 0.15) is 5.82 Å². The summed E-state index contributed by atoms with van der Waals surface area (Å²) in [6.07, 6.45) is 2.51. The van der Waals surface area contributed by atoms with Crippen molar-refractivity contribution in [2.24, 2.45) is 0 Å². The largest absolute Gasteiger partial charge is 0.348 e. The number of hydrogen-bond acceptors (Lipinski definition) is 3. The second-order valence-corrected chi connectivity index (χ2v) is 7.21. The fourth-order valence-corrected chi connectivity index (χ4v) is 3.67. The molecule has 28 heavy (non-hydrogen) atoms. The summed E-state index contributed by atoms with van der Waals surface area (Å²) in [5.74, 6) is -0.412. The van der Waals surface area contributed by atoms with E-state index < -0.39 is 0 Å². The van der Waals surface area contributed by atoms with Crippen molar-refractivity contribution in [3.05, 3.63) is 83.4 Å². The number of amides is 1. The van der Waals surface area contributed by atoms with Crippen molar-refractivity contribution < 1.29 is 9.18 Å². The molecular weight excluding hydrogens is 355 g/mol. The molecule has 1 amide bonds. The minimum atomic E-state index is -0.298. The van der Waals surface area contributed by atoms with Crippen LogP contribution < -0.4 is 5.32 Å². The Labute approximate surface area is 163 Å². The third kappa shape index (κ3) is 3.97. The van der Waals surface area contributed by atoms with Crippen LogP contribution in [0.15, 0.2) is 60.8 Å². The van der Waals surface area contributed by atoms with Gasteiger partial charge in [-0.1, -0.05) is 30.3 Å². The van der Waals surface area contributed by atoms with Crippen molar-refractivity contribution in [1.82, 2.24) is 20.0 Å². The Morgan fingerprint density at radius 3 is 2.68 bits per heavy atom. The zero-order valence-electron chi connectivity index (χ0n) is 15.8. The van der Waals surface area contributed by atoms with Crippen molar-refractivity contribution in [2.45, 2.75) is 25.9 Å². The van der Waals surface area contributed by atoms with Crippen molar-refractivity contribution in [3.63, 3.8) is 0 Å². The lowest BCUT2D eigenvalue weighted by Gasteiger charge is -2.16. The first-order valence-electron chi connectivity index (χ1n) is 9.48. The quantitative estimate of drug-likeness (QED) is 0.741. The van der Waals surface area contributed by atoms with Crippen molar-refractivity contribution in [3.8, 4) is 5.69 Å². The van der Waals surface area contributed by atoms with Gasteiger partial charge in [0, 0.05) is 25.7 Å². The Balaban J connectivity index is 1.39. The van der Waals surface area contributed by atoms with Crippen LogP contribution in [0.4, 0.5) is 4.39 Å².